The van der Waals surface area contributed by atoms with Crippen LogP contribution in [0, 0.1) is 0 Å². The molecule has 1 N–H and O–H groups in total. The highest BCUT2D eigenvalue weighted by Crippen LogP contribution is 2.36. The molecule has 1 unspecified atom stereocenters. The van der Waals surface area contributed by atoms with Crippen molar-refractivity contribution in [2.75, 3.05) is 14.2 Å². The molecule has 0 amide bonds. The van der Waals surface area contributed by atoms with Crippen LogP contribution in [0.4, 0.5) is 0 Å². The second-order valence-electron chi connectivity index (χ2n) is 4.54. The molecule has 0 saturated heterocycles. The Labute approximate surface area is 137 Å². The zero-order valence-corrected chi connectivity index (χ0v) is 14.1. The zero-order valence-electron chi connectivity index (χ0n) is 11.8. The molecule has 0 aromatic heterocycles. The third kappa shape index (κ3) is 3.70. The lowest BCUT2D eigenvalue weighted by Crippen LogP contribution is -2.05. The molecule has 0 radical (unpaired) electrons. The van der Waals surface area contributed by atoms with Gasteiger partial charge in [0.25, 0.3) is 0 Å². The van der Waals surface area contributed by atoms with Gasteiger partial charge in [0, 0.05) is 21.5 Å². The summed E-state index contributed by atoms with van der Waals surface area (Å²) in [5, 5.41) is 11.1. The Morgan fingerprint density at radius 2 is 1.95 bits per heavy atom. The number of halogens is 2. The minimum atomic E-state index is -0.728. The molecule has 0 aliphatic rings. The second kappa shape index (κ2) is 7.16. The average molecular weight is 372 g/mol. The van der Waals surface area contributed by atoms with E-state index < -0.39 is 6.10 Å². The zero-order chi connectivity index (χ0) is 15.4. The number of ether oxygens (including phenoxy) is 2. The Hall–Kier alpha value is -1.23. The van der Waals surface area contributed by atoms with E-state index in [1.165, 1.54) is 0 Å². The average Bonchev–Trinajstić information content (AvgIpc) is 2.49. The van der Waals surface area contributed by atoms with Crippen LogP contribution < -0.4 is 9.47 Å². The maximum Gasteiger partial charge on any atom is 0.166 e. The van der Waals surface area contributed by atoms with E-state index in [9.17, 15) is 5.11 Å². The van der Waals surface area contributed by atoms with Crippen LogP contribution in [-0.4, -0.2) is 19.3 Å². The molecule has 0 heterocycles. The van der Waals surface area contributed by atoms with Crippen molar-refractivity contribution in [2.45, 2.75) is 12.5 Å². The lowest BCUT2D eigenvalue weighted by molar-refractivity contribution is 0.173. The van der Waals surface area contributed by atoms with Crippen LogP contribution in [0.3, 0.4) is 0 Å². The number of benzene rings is 2. The molecule has 2 rings (SSSR count). The van der Waals surface area contributed by atoms with Crippen molar-refractivity contribution in [3.8, 4) is 11.5 Å². The number of aliphatic hydroxyl groups is 1. The van der Waals surface area contributed by atoms with Gasteiger partial charge in [-0.3, -0.25) is 0 Å². The molecule has 0 aliphatic carbocycles. The predicted molar refractivity (Wildman–Crippen MR) is 87.4 cm³/mol. The summed E-state index contributed by atoms with van der Waals surface area (Å²) in [4.78, 5) is 0. The van der Waals surface area contributed by atoms with Crippen LogP contribution in [-0.2, 0) is 6.42 Å². The van der Waals surface area contributed by atoms with Gasteiger partial charge >= 0.3 is 0 Å². The summed E-state index contributed by atoms with van der Waals surface area (Å²) < 4.78 is 11.5. The molecule has 2 aromatic carbocycles. The summed E-state index contributed by atoms with van der Waals surface area (Å²) in [5.74, 6) is 1.14. The molecule has 0 spiro atoms. The topological polar surface area (TPSA) is 38.7 Å². The first-order valence-electron chi connectivity index (χ1n) is 6.39. The molecule has 0 fully saturated rings. The van der Waals surface area contributed by atoms with Crippen LogP contribution in [0.5, 0.6) is 11.5 Å². The van der Waals surface area contributed by atoms with Gasteiger partial charge < -0.3 is 14.6 Å². The monoisotopic (exact) mass is 370 g/mol. The van der Waals surface area contributed by atoms with E-state index in [1.54, 1.807) is 20.3 Å². The molecule has 0 aliphatic heterocycles. The quantitative estimate of drug-likeness (QED) is 0.847. The Kier molecular flexibility index (Phi) is 5.51. The van der Waals surface area contributed by atoms with E-state index in [4.69, 9.17) is 21.1 Å². The van der Waals surface area contributed by atoms with Crippen LogP contribution >= 0.6 is 27.5 Å². The van der Waals surface area contributed by atoms with E-state index in [0.29, 0.717) is 28.5 Å². The van der Waals surface area contributed by atoms with E-state index in [-0.39, 0.29) is 0 Å². The second-order valence-corrected chi connectivity index (χ2v) is 5.86. The van der Waals surface area contributed by atoms with Gasteiger partial charge in [-0.05, 0) is 23.8 Å². The SMILES string of the molecule is COc1cccc(C(O)Cc2ccc(Br)cc2Cl)c1OC. The number of para-hydroxylation sites is 1. The standard InChI is InChI=1S/C16H16BrClO3/c1-20-15-5-3-4-12(16(15)21-2)14(19)8-10-6-7-11(17)9-13(10)18/h3-7,9,14,19H,8H2,1-2H3. The van der Waals surface area contributed by atoms with E-state index >= 15 is 0 Å². The van der Waals surface area contributed by atoms with Gasteiger partial charge in [-0.2, -0.15) is 0 Å². The fourth-order valence-corrected chi connectivity index (χ4v) is 2.93. The van der Waals surface area contributed by atoms with Gasteiger partial charge in [0.15, 0.2) is 11.5 Å². The van der Waals surface area contributed by atoms with Gasteiger partial charge in [-0.15, -0.1) is 0 Å². The number of aliphatic hydroxyl groups excluding tert-OH is 1. The molecular formula is C16H16BrClO3. The van der Waals surface area contributed by atoms with Crippen LogP contribution in [0.25, 0.3) is 0 Å². The third-order valence-electron chi connectivity index (χ3n) is 3.22. The Bertz CT molecular complexity index is 631. The van der Waals surface area contributed by atoms with Crippen molar-refractivity contribution in [1.29, 1.82) is 0 Å². The highest BCUT2D eigenvalue weighted by atomic mass is 79.9. The number of methoxy groups -OCH3 is 2. The summed E-state index contributed by atoms with van der Waals surface area (Å²) in [6.07, 6.45) is -0.330. The molecule has 112 valence electrons. The first-order valence-corrected chi connectivity index (χ1v) is 7.56. The van der Waals surface area contributed by atoms with Crippen LogP contribution in [0.2, 0.25) is 5.02 Å². The minimum Gasteiger partial charge on any atom is -0.493 e. The molecule has 2 aromatic rings. The molecule has 3 nitrogen and oxygen atoms in total. The fraction of sp³-hybridized carbons (Fsp3) is 0.250. The van der Waals surface area contributed by atoms with Gasteiger partial charge in [-0.25, -0.2) is 0 Å². The maximum absolute atomic E-state index is 10.5. The van der Waals surface area contributed by atoms with E-state index in [2.05, 4.69) is 15.9 Å². The maximum atomic E-state index is 10.5. The van der Waals surface area contributed by atoms with E-state index in [0.717, 1.165) is 10.0 Å². The van der Waals surface area contributed by atoms with E-state index in [1.807, 2.05) is 30.3 Å². The first-order chi connectivity index (χ1) is 10.1. The normalized spacial score (nSPS) is 12.0. The summed E-state index contributed by atoms with van der Waals surface area (Å²) in [5.41, 5.74) is 1.55. The van der Waals surface area contributed by atoms with Gasteiger partial charge in [0.05, 0.1) is 20.3 Å². The van der Waals surface area contributed by atoms with Crippen molar-refractivity contribution < 1.29 is 14.6 Å². The predicted octanol–water partition coefficient (Wildman–Crippen LogP) is 4.40. The molecule has 5 heteroatoms. The minimum absolute atomic E-state index is 0.398. The number of hydrogen-bond acceptors (Lipinski definition) is 3. The van der Waals surface area contributed by atoms with Crippen LogP contribution in [0.15, 0.2) is 40.9 Å². The number of hydrogen-bond donors (Lipinski definition) is 1. The largest absolute Gasteiger partial charge is 0.493 e. The highest BCUT2D eigenvalue weighted by Gasteiger charge is 2.18. The van der Waals surface area contributed by atoms with Gasteiger partial charge in [0.2, 0.25) is 0 Å². The van der Waals surface area contributed by atoms with Crippen molar-refractivity contribution in [3.05, 3.63) is 57.0 Å². The summed E-state index contributed by atoms with van der Waals surface area (Å²) >= 11 is 9.56. The van der Waals surface area contributed by atoms with Crippen molar-refractivity contribution in [1.82, 2.24) is 0 Å². The summed E-state index contributed by atoms with van der Waals surface area (Å²) in [7, 11) is 3.13. The van der Waals surface area contributed by atoms with Gasteiger partial charge in [0.1, 0.15) is 0 Å². The molecule has 21 heavy (non-hydrogen) atoms. The lowest BCUT2D eigenvalue weighted by atomic mass is 10.00. The molecule has 0 bridgehead atoms. The van der Waals surface area contributed by atoms with Crippen molar-refractivity contribution in [2.24, 2.45) is 0 Å². The smallest absolute Gasteiger partial charge is 0.166 e. The van der Waals surface area contributed by atoms with Crippen molar-refractivity contribution in [3.63, 3.8) is 0 Å². The fourth-order valence-electron chi connectivity index (χ4n) is 2.18. The third-order valence-corrected chi connectivity index (χ3v) is 4.07. The Balaban J connectivity index is 2.30. The lowest BCUT2D eigenvalue weighted by Gasteiger charge is -2.17. The molecule has 1 atom stereocenters. The van der Waals surface area contributed by atoms with Gasteiger partial charge in [-0.1, -0.05) is 45.7 Å². The summed E-state index contributed by atoms with van der Waals surface area (Å²) in [6, 6.07) is 11.0. The molecular weight excluding hydrogens is 356 g/mol. The summed E-state index contributed by atoms with van der Waals surface area (Å²) in [6.45, 7) is 0. The van der Waals surface area contributed by atoms with Crippen LogP contribution in [0.1, 0.15) is 17.2 Å². The Morgan fingerprint density at radius 3 is 2.57 bits per heavy atom. The first kappa shape index (κ1) is 16.1. The van der Waals surface area contributed by atoms with Crippen molar-refractivity contribution >= 4 is 27.5 Å². The molecule has 0 saturated carbocycles. The number of rotatable bonds is 5. The Morgan fingerprint density at radius 1 is 1.19 bits per heavy atom. The highest BCUT2D eigenvalue weighted by molar-refractivity contribution is 9.10.